The third-order valence-electron chi connectivity index (χ3n) is 8.06. The number of rotatable bonds is 6. The van der Waals surface area contributed by atoms with Crippen LogP contribution in [0.25, 0.3) is 0 Å². The Labute approximate surface area is 231 Å². The van der Waals surface area contributed by atoms with Gasteiger partial charge in [-0.25, -0.2) is 0 Å². The molecule has 1 aromatic carbocycles. The molecule has 9 heteroatoms. The largest absolute Gasteiger partial charge is 0.381 e. The molecule has 3 aliphatic heterocycles. The summed E-state index contributed by atoms with van der Waals surface area (Å²) in [7, 11) is 0. The minimum atomic E-state index is -0.0828. The molecule has 5 rings (SSSR count). The molecule has 0 unspecified atom stereocenters. The molecular weight excluding hydrogens is 504 g/mol. The van der Waals surface area contributed by atoms with Crippen molar-refractivity contribution in [2.24, 2.45) is 5.92 Å². The van der Waals surface area contributed by atoms with Crippen molar-refractivity contribution in [3.63, 3.8) is 0 Å². The number of halogens is 1. The van der Waals surface area contributed by atoms with Gasteiger partial charge in [-0.2, -0.15) is 9.97 Å². The number of aromatic nitrogens is 2. The predicted octanol–water partition coefficient (Wildman–Crippen LogP) is 5.39. The molecule has 0 radical (unpaired) electrons. The highest BCUT2D eigenvalue weighted by molar-refractivity contribution is 7.80. The second-order valence-corrected chi connectivity index (χ2v) is 11.7. The minimum absolute atomic E-state index is 0.0828. The Morgan fingerprint density at radius 3 is 2.51 bits per heavy atom. The second-order valence-electron chi connectivity index (χ2n) is 10.9. The van der Waals surface area contributed by atoms with E-state index in [2.05, 4.69) is 45.6 Å². The average molecular weight is 543 g/mol. The average Bonchev–Trinajstić information content (AvgIpc) is 2.93. The number of thiocarbonyl (C=S) groups is 1. The van der Waals surface area contributed by atoms with Crippen molar-refractivity contribution in [3.05, 3.63) is 40.9 Å². The molecule has 2 aromatic rings. The first-order valence-electron chi connectivity index (χ1n) is 13.8. The summed E-state index contributed by atoms with van der Waals surface area (Å²) in [5.41, 5.74) is 1.14. The maximum atomic E-state index is 6.35. The second kappa shape index (κ2) is 12.1. The number of nitrogens with zero attached hydrogens (tertiary/aromatic N) is 4. The topological polar surface area (TPSA) is 65.5 Å². The molecule has 0 spiro atoms. The molecule has 4 heterocycles. The highest BCUT2D eigenvalue weighted by Crippen LogP contribution is 2.35. The molecule has 37 heavy (non-hydrogen) atoms. The van der Waals surface area contributed by atoms with Gasteiger partial charge in [0, 0.05) is 62.4 Å². The van der Waals surface area contributed by atoms with Crippen molar-refractivity contribution >= 4 is 46.5 Å². The van der Waals surface area contributed by atoms with Gasteiger partial charge in [-0.05, 0) is 80.8 Å². The van der Waals surface area contributed by atoms with Gasteiger partial charge < -0.3 is 25.2 Å². The quantitative estimate of drug-likeness (QED) is 0.471. The lowest BCUT2D eigenvalue weighted by Gasteiger charge is -2.38. The normalized spacial score (nSPS) is 21.9. The smallest absolute Gasteiger partial charge is 0.232 e. The lowest BCUT2D eigenvalue weighted by molar-refractivity contribution is 0.0515. The Morgan fingerprint density at radius 2 is 1.78 bits per heavy atom. The summed E-state index contributed by atoms with van der Waals surface area (Å²) in [4.78, 5) is 14.6. The minimum Gasteiger partial charge on any atom is -0.381 e. The van der Waals surface area contributed by atoms with E-state index in [0.29, 0.717) is 23.5 Å². The summed E-state index contributed by atoms with van der Waals surface area (Å²) in [6.45, 7) is 8.63. The Bertz CT molecular complexity index is 1070. The zero-order valence-electron chi connectivity index (χ0n) is 21.8. The zero-order valence-corrected chi connectivity index (χ0v) is 23.4. The van der Waals surface area contributed by atoms with Crippen molar-refractivity contribution in [3.8, 4) is 0 Å². The molecule has 7 nitrogen and oxygen atoms in total. The van der Waals surface area contributed by atoms with Gasteiger partial charge in [0.1, 0.15) is 11.6 Å². The van der Waals surface area contributed by atoms with Crippen molar-refractivity contribution in [2.75, 3.05) is 61.1 Å². The molecule has 2 N–H and O–H groups in total. The summed E-state index contributed by atoms with van der Waals surface area (Å²) in [5, 5.41) is 8.10. The summed E-state index contributed by atoms with van der Waals surface area (Å²) in [6.07, 6.45) is 8.01. The van der Waals surface area contributed by atoms with Crippen LogP contribution in [0.4, 0.5) is 17.6 Å². The van der Waals surface area contributed by atoms with Gasteiger partial charge in [-0.3, -0.25) is 0 Å². The first-order valence-corrected chi connectivity index (χ1v) is 14.6. The van der Waals surface area contributed by atoms with Gasteiger partial charge >= 0.3 is 0 Å². The van der Waals surface area contributed by atoms with E-state index in [0.717, 1.165) is 68.9 Å². The van der Waals surface area contributed by atoms with E-state index in [1.165, 1.54) is 37.7 Å². The molecule has 0 saturated carbocycles. The van der Waals surface area contributed by atoms with E-state index >= 15 is 0 Å². The Morgan fingerprint density at radius 1 is 1.05 bits per heavy atom. The molecular formula is C28H39ClN6OS. The molecule has 200 valence electrons. The summed E-state index contributed by atoms with van der Waals surface area (Å²) >= 11 is 12.1. The van der Waals surface area contributed by atoms with Crippen LogP contribution in [0.2, 0.25) is 5.02 Å². The number of hydrogen-bond acceptors (Lipinski definition) is 6. The van der Waals surface area contributed by atoms with Gasteiger partial charge in [0.15, 0.2) is 5.11 Å². The van der Waals surface area contributed by atoms with Crippen LogP contribution >= 0.6 is 23.8 Å². The highest BCUT2D eigenvalue weighted by Gasteiger charge is 2.35. The Hall–Kier alpha value is -2.16. The number of anilines is 3. The third kappa shape index (κ3) is 6.65. The van der Waals surface area contributed by atoms with E-state index in [1.54, 1.807) is 0 Å². The molecule has 3 saturated heterocycles. The number of nitrogens with one attached hydrogen (secondary N) is 2. The van der Waals surface area contributed by atoms with Gasteiger partial charge in [0.05, 0.1) is 0 Å². The zero-order chi connectivity index (χ0) is 25.7. The predicted molar refractivity (Wildman–Crippen MR) is 156 cm³/mol. The fourth-order valence-corrected chi connectivity index (χ4v) is 6.22. The van der Waals surface area contributed by atoms with Crippen molar-refractivity contribution in [2.45, 2.75) is 57.3 Å². The van der Waals surface area contributed by atoms with Crippen molar-refractivity contribution in [1.82, 2.24) is 15.3 Å². The molecule has 3 fully saturated rings. The van der Waals surface area contributed by atoms with Gasteiger partial charge in [0.25, 0.3) is 0 Å². The van der Waals surface area contributed by atoms with Gasteiger partial charge in [-0.1, -0.05) is 30.7 Å². The van der Waals surface area contributed by atoms with Crippen molar-refractivity contribution in [1.29, 1.82) is 0 Å². The number of hydrogen-bond donors (Lipinski definition) is 2. The molecule has 3 aliphatic rings. The fourth-order valence-electron chi connectivity index (χ4n) is 5.87. The SMILES string of the molecule is C[C@@H]1CCCN(c2cc(N3CCCCC3)nc(NC(=S)NCC3(c4cccc(Cl)c4)CCOCC3)n2)C1. The lowest BCUT2D eigenvalue weighted by atomic mass is 9.74. The molecule has 1 aromatic heterocycles. The van der Waals surface area contributed by atoms with E-state index in [9.17, 15) is 0 Å². The van der Waals surface area contributed by atoms with Crippen LogP contribution in [-0.2, 0) is 10.2 Å². The molecule has 0 bridgehead atoms. The van der Waals surface area contributed by atoms with E-state index < -0.39 is 0 Å². The van der Waals surface area contributed by atoms with Crippen LogP contribution in [0.3, 0.4) is 0 Å². The molecule has 0 amide bonds. The maximum absolute atomic E-state index is 6.35. The maximum Gasteiger partial charge on any atom is 0.232 e. The number of benzene rings is 1. The Kier molecular flexibility index (Phi) is 8.67. The molecule has 1 atom stereocenters. The van der Waals surface area contributed by atoms with Crippen LogP contribution < -0.4 is 20.4 Å². The Balaban J connectivity index is 1.32. The first kappa shape index (κ1) is 26.4. The van der Waals surface area contributed by atoms with Gasteiger partial charge in [-0.15, -0.1) is 0 Å². The number of ether oxygens (including phenoxy) is 1. The third-order valence-corrected chi connectivity index (χ3v) is 8.54. The summed E-state index contributed by atoms with van der Waals surface area (Å²) in [5.74, 6) is 3.22. The fraction of sp³-hybridized carbons (Fsp3) is 0.607. The standard InChI is InChI=1S/C28H39ClN6OS/c1-21-7-6-14-35(19-21)25-18-24(34-12-3-2-4-13-34)31-26(32-25)33-27(37)30-20-28(10-15-36-16-11-28)22-8-5-9-23(29)17-22/h5,8-9,17-18,21H,2-4,6-7,10-16,19-20H2,1H3,(H2,30,31,32,33,37)/t21-/m1/s1. The number of piperidine rings is 2. The van der Waals surface area contributed by atoms with E-state index in [1.807, 2.05) is 12.1 Å². The highest BCUT2D eigenvalue weighted by atomic mass is 35.5. The summed E-state index contributed by atoms with van der Waals surface area (Å²) < 4.78 is 5.69. The van der Waals surface area contributed by atoms with Crippen LogP contribution in [-0.4, -0.2) is 61.0 Å². The van der Waals surface area contributed by atoms with Gasteiger partial charge in [0.2, 0.25) is 5.95 Å². The van der Waals surface area contributed by atoms with Crippen LogP contribution in [0.15, 0.2) is 30.3 Å². The van der Waals surface area contributed by atoms with Crippen LogP contribution in [0.5, 0.6) is 0 Å². The van der Waals surface area contributed by atoms with Crippen LogP contribution in [0, 0.1) is 5.92 Å². The van der Waals surface area contributed by atoms with E-state index in [-0.39, 0.29) is 5.41 Å². The van der Waals surface area contributed by atoms with Crippen molar-refractivity contribution < 1.29 is 4.74 Å². The molecule has 0 aliphatic carbocycles. The lowest BCUT2D eigenvalue weighted by Crippen LogP contribution is -2.45. The van der Waals surface area contributed by atoms with E-state index in [4.69, 9.17) is 38.5 Å². The monoisotopic (exact) mass is 542 g/mol. The first-order chi connectivity index (χ1) is 18.0. The van der Waals surface area contributed by atoms with Crippen LogP contribution in [0.1, 0.15) is 57.4 Å². The summed E-state index contributed by atoms with van der Waals surface area (Å²) in [6, 6.07) is 10.3.